The van der Waals surface area contributed by atoms with Gasteiger partial charge in [-0.3, -0.25) is 4.79 Å². The van der Waals surface area contributed by atoms with E-state index in [1.807, 2.05) is 6.07 Å². The zero-order chi connectivity index (χ0) is 14.0. The number of rotatable bonds is 2. The summed E-state index contributed by atoms with van der Waals surface area (Å²) < 4.78 is 4.98. The highest BCUT2D eigenvalue weighted by molar-refractivity contribution is 6.31. The van der Waals surface area contributed by atoms with Crippen LogP contribution in [0.15, 0.2) is 12.1 Å². The van der Waals surface area contributed by atoms with Gasteiger partial charge in [0.1, 0.15) is 5.82 Å². The van der Waals surface area contributed by atoms with Crippen LogP contribution in [0.2, 0.25) is 5.15 Å². The summed E-state index contributed by atoms with van der Waals surface area (Å²) in [5, 5.41) is 0.235. The molecule has 19 heavy (non-hydrogen) atoms. The Morgan fingerprint density at radius 3 is 2.53 bits per heavy atom. The molecule has 1 aromatic rings. The molecular weight excluding hydrogens is 264 g/mol. The molecule has 0 radical (unpaired) electrons. The number of hydrogen-bond acceptors (Lipinski definition) is 4. The number of hydrogen-bond donors (Lipinski definition) is 0. The second-order valence-corrected chi connectivity index (χ2v) is 5.76. The Hall–Kier alpha value is -1.29. The molecule has 104 valence electrons. The van der Waals surface area contributed by atoms with Crippen molar-refractivity contribution in [3.05, 3.63) is 17.3 Å². The van der Waals surface area contributed by atoms with Crippen LogP contribution in [0.4, 0.5) is 5.82 Å². The fourth-order valence-electron chi connectivity index (χ4n) is 2.67. The van der Waals surface area contributed by atoms with Gasteiger partial charge >= 0.3 is 5.97 Å². The first-order valence-electron chi connectivity index (χ1n) is 6.55. The maximum Gasteiger partial charge on any atom is 0.308 e. The van der Waals surface area contributed by atoms with Crippen molar-refractivity contribution in [3.8, 4) is 5.75 Å². The lowest BCUT2D eigenvalue weighted by molar-refractivity contribution is -0.131. The van der Waals surface area contributed by atoms with Gasteiger partial charge in [-0.05, 0) is 30.4 Å². The van der Waals surface area contributed by atoms with Crippen molar-refractivity contribution in [2.24, 2.45) is 11.8 Å². The average Bonchev–Trinajstić information content (AvgIpc) is 2.30. The maximum absolute atomic E-state index is 10.9. The van der Waals surface area contributed by atoms with Gasteiger partial charge in [-0.15, -0.1) is 0 Å². The summed E-state index contributed by atoms with van der Waals surface area (Å²) in [5.74, 6) is 2.07. The van der Waals surface area contributed by atoms with Gasteiger partial charge in [0.25, 0.3) is 0 Å². The lowest BCUT2D eigenvalue weighted by Gasteiger charge is -2.35. The Labute approximate surface area is 118 Å². The van der Waals surface area contributed by atoms with E-state index in [1.54, 1.807) is 6.07 Å². The SMILES string of the molecule is CC(=O)Oc1ccc(N2C[C@@H](C)C[C@H](C)C2)nc1Cl. The molecule has 0 bridgehead atoms. The molecule has 0 aliphatic carbocycles. The minimum Gasteiger partial charge on any atom is -0.423 e. The first-order valence-corrected chi connectivity index (χ1v) is 6.93. The molecule has 0 saturated carbocycles. The lowest BCUT2D eigenvalue weighted by atomic mass is 9.92. The van der Waals surface area contributed by atoms with Crippen molar-refractivity contribution in [1.82, 2.24) is 4.98 Å². The van der Waals surface area contributed by atoms with E-state index in [2.05, 4.69) is 23.7 Å². The number of esters is 1. The summed E-state index contributed by atoms with van der Waals surface area (Å²) in [6.45, 7) is 7.81. The van der Waals surface area contributed by atoms with Crippen molar-refractivity contribution in [2.45, 2.75) is 27.2 Å². The van der Waals surface area contributed by atoms with Crippen molar-refractivity contribution in [1.29, 1.82) is 0 Å². The lowest BCUT2D eigenvalue weighted by Crippen LogP contribution is -2.39. The van der Waals surface area contributed by atoms with Crippen LogP contribution in [-0.2, 0) is 4.79 Å². The Bertz CT molecular complexity index is 469. The van der Waals surface area contributed by atoms with Crippen molar-refractivity contribution < 1.29 is 9.53 Å². The van der Waals surface area contributed by atoms with Gasteiger partial charge in [0, 0.05) is 20.0 Å². The molecule has 1 fully saturated rings. The van der Waals surface area contributed by atoms with E-state index in [-0.39, 0.29) is 5.15 Å². The maximum atomic E-state index is 10.9. The first kappa shape index (κ1) is 14.1. The van der Waals surface area contributed by atoms with Crippen LogP contribution in [0.5, 0.6) is 5.75 Å². The molecule has 0 unspecified atom stereocenters. The second-order valence-electron chi connectivity index (χ2n) is 5.40. The van der Waals surface area contributed by atoms with Crippen molar-refractivity contribution in [3.63, 3.8) is 0 Å². The van der Waals surface area contributed by atoms with Crippen LogP contribution in [-0.4, -0.2) is 24.0 Å². The largest absolute Gasteiger partial charge is 0.423 e. The molecule has 4 nitrogen and oxygen atoms in total. The van der Waals surface area contributed by atoms with Crippen molar-refractivity contribution >= 4 is 23.4 Å². The molecule has 2 atom stereocenters. The Morgan fingerprint density at radius 1 is 1.37 bits per heavy atom. The third-order valence-electron chi connectivity index (χ3n) is 3.25. The van der Waals surface area contributed by atoms with Gasteiger partial charge < -0.3 is 9.64 Å². The van der Waals surface area contributed by atoms with Crippen LogP contribution in [0, 0.1) is 11.8 Å². The van der Waals surface area contributed by atoms with Crippen LogP contribution in [0.3, 0.4) is 0 Å². The predicted octanol–water partition coefficient (Wildman–Crippen LogP) is 3.14. The highest BCUT2D eigenvalue weighted by Crippen LogP contribution is 2.29. The summed E-state index contributed by atoms with van der Waals surface area (Å²) in [6, 6.07) is 3.56. The summed E-state index contributed by atoms with van der Waals surface area (Å²) in [7, 11) is 0. The molecule has 1 aromatic heterocycles. The van der Waals surface area contributed by atoms with Gasteiger partial charge in [0.05, 0.1) is 0 Å². The Balaban J connectivity index is 2.17. The van der Waals surface area contributed by atoms with E-state index in [9.17, 15) is 4.79 Å². The van der Waals surface area contributed by atoms with Crippen LogP contribution >= 0.6 is 11.6 Å². The van der Waals surface area contributed by atoms with E-state index in [0.29, 0.717) is 17.6 Å². The normalized spacial score (nSPS) is 23.3. The highest BCUT2D eigenvalue weighted by atomic mass is 35.5. The summed E-state index contributed by atoms with van der Waals surface area (Å²) in [6.07, 6.45) is 1.25. The molecule has 2 rings (SSSR count). The van der Waals surface area contributed by atoms with E-state index in [4.69, 9.17) is 16.3 Å². The topological polar surface area (TPSA) is 42.4 Å². The molecule has 1 aliphatic heterocycles. The number of piperidine rings is 1. The van der Waals surface area contributed by atoms with Gasteiger partial charge in [-0.25, -0.2) is 4.98 Å². The summed E-state index contributed by atoms with van der Waals surface area (Å²) in [4.78, 5) is 17.5. The van der Waals surface area contributed by atoms with Gasteiger partial charge in [0.15, 0.2) is 10.9 Å². The molecule has 1 saturated heterocycles. The quantitative estimate of drug-likeness (QED) is 0.617. The number of carbonyl (C=O) groups excluding carboxylic acids is 1. The van der Waals surface area contributed by atoms with Gasteiger partial charge in [-0.2, -0.15) is 0 Å². The molecule has 2 heterocycles. The van der Waals surface area contributed by atoms with Crippen LogP contribution in [0.25, 0.3) is 0 Å². The van der Waals surface area contributed by atoms with Crippen LogP contribution in [0.1, 0.15) is 27.2 Å². The van der Waals surface area contributed by atoms with Crippen LogP contribution < -0.4 is 9.64 Å². The van der Waals surface area contributed by atoms with E-state index < -0.39 is 5.97 Å². The molecule has 0 aromatic carbocycles. The number of pyridine rings is 1. The molecule has 0 N–H and O–H groups in total. The Morgan fingerprint density at radius 2 is 2.00 bits per heavy atom. The smallest absolute Gasteiger partial charge is 0.308 e. The number of carbonyl (C=O) groups is 1. The zero-order valence-electron chi connectivity index (χ0n) is 11.5. The van der Waals surface area contributed by atoms with Gasteiger partial charge in [0.2, 0.25) is 0 Å². The molecule has 1 aliphatic rings. The minimum absolute atomic E-state index is 0.235. The number of ether oxygens (including phenoxy) is 1. The fourth-order valence-corrected chi connectivity index (χ4v) is 2.86. The summed E-state index contributed by atoms with van der Waals surface area (Å²) in [5.41, 5.74) is 0. The van der Waals surface area contributed by atoms with E-state index in [1.165, 1.54) is 13.3 Å². The number of halogens is 1. The molecule has 5 heteroatoms. The monoisotopic (exact) mass is 282 g/mol. The highest BCUT2D eigenvalue weighted by Gasteiger charge is 2.23. The Kier molecular flexibility index (Phi) is 4.30. The first-order chi connectivity index (χ1) is 8.95. The average molecular weight is 283 g/mol. The zero-order valence-corrected chi connectivity index (χ0v) is 12.3. The van der Waals surface area contributed by atoms with E-state index >= 15 is 0 Å². The van der Waals surface area contributed by atoms with E-state index in [0.717, 1.165) is 18.9 Å². The third kappa shape index (κ3) is 3.60. The number of nitrogens with zero attached hydrogens (tertiary/aromatic N) is 2. The minimum atomic E-state index is -0.392. The fraction of sp³-hybridized carbons (Fsp3) is 0.571. The second kappa shape index (κ2) is 5.78. The van der Waals surface area contributed by atoms with Gasteiger partial charge in [-0.1, -0.05) is 25.4 Å². The molecule has 0 amide bonds. The third-order valence-corrected chi connectivity index (χ3v) is 3.52. The predicted molar refractivity (Wildman–Crippen MR) is 75.7 cm³/mol. The standard InChI is InChI=1S/C14H19ClN2O2/c1-9-6-10(2)8-17(7-9)13-5-4-12(14(15)16-13)19-11(3)18/h4-5,9-10H,6-8H2,1-3H3/t9-,10-/m0/s1. The molecule has 0 spiro atoms. The summed E-state index contributed by atoms with van der Waals surface area (Å²) >= 11 is 6.05. The number of aromatic nitrogens is 1. The molecular formula is C14H19ClN2O2. The van der Waals surface area contributed by atoms with Crippen molar-refractivity contribution in [2.75, 3.05) is 18.0 Å². The number of anilines is 1.